The smallest absolute Gasteiger partial charge is 0.164 e. The van der Waals surface area contributed by atoms with Crippen LogP contribution >= 0.6 is 11.3 Å². The average Bonchev–Trinajstić information content (AvgIpc) is 3.77. The molecule has 10 rings (SSSR count). The van der Waals surface area contributed by atoms with Gasteiger partial charge in [-0.15, -0.1) is 11.3 Å². The van der Waals surface area contributed by atoms with Gasteiger partial charge in [0, 0.05) is 48.0 Å². The van der Waals surface area contributed by atoms with Crippen molar-refractivity contribution in [1.82, 2.24) is 15.0 Å². The number of furan rings is 1. The van der Waals surface area contributed by atoms with Crippen LogP contribution in [0.3, 0.4) is 0 Å². The van der Waals surface area contributed by atoms with Crippen molar-refractivity contribution in [2.24, 2.45) is 0 Å². The van der Waals surface area contributed by atoms with Crippen LogP contribution in [-0.2, 0) is 0 Å². The highest BCUT2D eigenvalue weighted by atomic mass is 32.1. The van der Waals surface area contributed by atoms with Crippen molar-refractivity contribution >= 4 is 59.0 Å². The lowest BCUT2D eigenvalue weighted by Crippen LogP contribution is -2.08. The van der Waals surface area contributed by atoms with Crippen molar-refractivity contribution in [3.8, 4) is 33.9 Å². The van der Waals surface area contributed by atoms with E-state index in [1.165, 1.54) is 31.3 Å². The maximum atomic E-state index is 6.18. The highest BCUT2D eigenvalue weighted by Gasteiger charge is 2.21. The normalized spacial score (nSPS) is 14.6. The van der Waals surface area contributed by atoms with Gasteiger partial charge in [0.15, 0.2) is 11.6 Å². The molecular formula is C45H29N3OS. The van der Waals surface area contributed by atoms with Gasteiger partial charge in [0.05, 0.1) is 0 Å². The second-order valence-corrected chi connectivity index (χ2v) is 13.8. The van der Waals surface area contributed by atoms with Gasteiger partial charge in [-0.2, -0.15) is 0 Å². The summed E-state index contributed by atoms with van der Waals surface area (Å²) < 4.78 is 8.67. The van der Waals surface area contributed by atoms with E-state index in [1.807, 2.05) is 18.2 Å². The average molecular weight is 660 g/mol. The van der Waals surface area contributed by atoms with E-state index >= 15 is 0 Å². The maximum absolute atomic E-state index is 6.18. The number of aromatic nitrogens is 3. The van der Waals surface area contributed by atoms with E-state index in [2.05, 4.69) is 140 Å². The molecule has 1 atom stereocenters. The number of thiophene rings is 1. The molecule has 9 aromatic rings. The van der Waals surface area contributed by atoms with E-state index in [0.717, 1.165) is 56.4 Å². The third-order valence-corrected chi connectivity index (χ3v) is 10.8. The van der Waals surface area contributed by atoms with Gasteiger partial charge < -0.3 is 4.42 Å². The summed E-state index contributed by atoms with van der Waals surface area (Å²) in [6.07, 6.45) is 7.56. The van der Waals surface area contributed by atoms with E-state index in [9.17, 15) is 0 Å². The highest BCUT2D eigenvalue weighted by Crippen LogP contribution is 2.41. The minimum Gasteiger partial charge on any atom is -0.456 e. The van der Waals surface area contributed by atoms with Crippen LogP contribution in [0.5, 0.6) is 0 Å². The second kappa shape index (κ2) is 11.8. The Labute approximate surface area is 292 Å². The first-order chi connectivity index (χ1) is 24.8. The van der Waals surface area contributed by atoms with Gasteiger partial charge in [-0.05, 0) is 52.9 Å². The molecule has 50 heavy (non-hydrogen) atoms. The minimum absolute atomic E-state index is 0.0348. The van der Waals surface area contributed by atoms with Crippen LogP contribution in [0.1, 0.15) is 23.7 Å². The molecule has 3 aromatic heterocycles. The Hall–Kier alpha value is -6.17. The summed E-state index contributed by atoms with van der Waals surface area (Å²) in [5.74, 6) is 2.18. The molecule has 0 saturated heterocycles. The monoisotopic (exact) mass is 659 g/mol. The Kier molecular flexibility index (Phi) is 6.78. The topological polar surface area (TPSA) is 51.8 Å². The molecule has 3 heterocycles. The molecule has 0 saturated carbocycles. The number of benzene rings is 6. The fourth-order valence-electron chi connectivity index (χ4n) is 7.24. The van der Waals surface area contributed by atoms with Crippen LogP contribution in [0.25, 0.3) is 81.6 Å². The summed E-state index contributed by atoms with van der Waals surface area (Å²) in [5, 5.41) is 4.67. The van der Waals surface area contributed by atoms with Crippen LogP contribution < -0.4 is 0 Å². The van der Waals surface area contributed by atoms with Crippen molar-refractivity contribution in [3.05, 3.63) is 169 Å². The predicted octanol–water partition coefficient (Wildman–Crippen LogP) is 12.3. The molecule has 0 fully saturated rings. The lowest BCUT2D eigenvalue weighted by atomic mass is 9.92. The van der Waals surface area contributed by atoms with Crippen LogP contribution in [-0.4, -0.2) is 15.0 Å². The van der Waals surface area contributed by atoms with Crippen LogP contribution in [0.4, 0.5) is 0 Å². The maximum Gasteiger partial charge on any atom is 0.164 e. The molecule has 0 bridgehead atoms. The molecule has 0 N–H and O–H groups in total. The number of para-hydroxylation sites is 1. The SMILES string of the molecule is C1=CC(c2nc(-c3ccc(-c4cccc5oc6ccccc6c45)cc3)nc(-c3cccc4sc5ccccc5c34)n2)CC=C1c1ccccc1. The molecule has 5 heteroatoms. The Balaban J connectivity index is 1.10. The standard InChI is InChI=1S/C45H29N3OS/c1-2-10-28(11-3-1)29-20-24-31(25-21-29)43-46-44(48-45(47-43)36-15-9-19-40-42(36)35-13-5-7-18-39(35)50-40)32-26-22-30(23-27-32)33-14-8-17-38-41(33)34-12-4-6-16-37(34)49-38/h1-24,26-27,31H,25H2. The number of rotatable bonds is 5. The minimum atomic E-state index is 0.0348. The van der Waals surface area contributed by atoms with Crippen molar-refractivity contribution < 1.29 is 4.42 Å². The number of fused-ring (bicyclic) bond motifs is 6. The lowest BCUT2D eigenvalue weighted by Gasteiger charge is -2.17. The fourth-order valence-corrected chi connectivity index (χ4v) is 8.37. The van der Waals surface area contributed by atoms with E-state index in [4.69, 9.17) is 19.4 Å². The van der Waals surface area contributed by atoms with E-state index in [-0.39, 0.29) is 5.92 Å². The zero-order valence-electron chi connectivity index (χ0n) is 27.0. The van der Waals surface area contributed by atoms with Gasteiger partial charge in [0.2, 0.25) is 0 Å². The van der Waals surface area contributed by atoms with E-state index < -0.39 is 0 Å². The van der Waals surface area contributed by atoms with E-state index in [1.54, 1.807) is 11.3 Å². The first kappa shape index (κ1) is 28.8. The molecule has 236 valence electrons. The summed E-state index contributed by atoms with van der Waals surface area (Å²) in [6.45, 7) is 0. The lowest BCUT2D eigenvalue weighted by molar-refractivity contribution is 0.669. The van der Waals surface area contributed by atoms with Crippen LogP contribution in [0.2, 0.25) is 0 Å². The quantitative estimate of drug-likeness (QED) is 0.184. The zero-order valence-corrected chi connectivity index (χ0v) is 27.8. The first-order valence-corrected chi connectivity index (χ1v) is 17.7. The molecule has 6 aromatic carbocycles. The number of nitrogens with zero attached hydrogens (tertiary/aromatic N) is 3. The zero-order chi connectivity index (χ0) is 33.0. The largest absolute Gasteiger partial charge is 0.456 e. The second-order valence-electron chi connectivity index (χ2n) is 12.7. The van der Waals surface area contributed by atoms with Gasteiger partial charge in [0.25, 0.3) is 0 Å². The molecule has 0 spiro atoms. The number of hydrogen-bond acceptors (Lipinski definition) is 5. The van der Waals surface area contributed by atoms with Crippen LogP contribution in [0.15, 0.2) is 162 Å². The first-order valence-electron chi connectivity index (χ1n) is 16.9. The Morgan fingerprint density at radius 1 is 0.520 bits per heavy atom. The van der Waals surface area contributed by atoms with Crippen molar-refractivity contribution in [2.45, 2.75) is 12.3 Å². The van der Waals surface area contributed by atoms with Gasteiger partial charge in [-0.25, -0.2) is 15.0 Å². The van der Waals surface area contributed by atoms with E-state index in [0.29, 0.717) is 11.6 Å². The molecule has 1 aliphatic rings. The molecule has 0 aliphatic heterocycles. The molecular weight excluding hydrogens is 631 g/mol. The van der Waals surface area contributed by atoms with Gasteiger partial charge in [-0.3, -0.25) is 0 Å². The number of allylic oxidation sites excluding steroid dienone is 4. The highest BCUT2D eigenvalue weighted by molar-refractivity contribution is 7.25. The van der Waals surface area contributed by atoms with Crippen molar-refractivity contribution in [3.63, 3.8) is 0 Å². The third-order valence-electron chi connectivity index (χ3n) is 9.69. The Morgan fingerprint density at radius 3 is 2.08 bits per heavy atom. The molecule has 1 unspecified atom stereocenters. The van der Waals surface area contributed by atoms with Gasteiger partial charge in [-0.1, -0.05) is 133 Å². The fraction of sp³-hybridized carbons (Fsp3) is 0.0444. The molecule has 1 aliphatic carbocycles. The summed E-state index contributed by atoms with van der Waals surface area (Å²) >= 11 is 1.81. The Bertz CT molecular complexity index is 2790. The van der Waals surface area contributed by atoms with Crippen molar-refractivity contribution in [1.29, 1.82) is 0 Å². The molecule has 0 radical (unpaired) electrons. The van der Waals surface area contributed by atoms with Crippen LogP contribution in [0, 0.1) is 0 Å². The summed E-state index contributed by atoms with van der Waals surface area (Å²) in [6, 6.07) is 48.6. The number of hydrogen-bond donors (Lipinski definition) is 0. The Morgan fingerprint density at radius 2 is 1.22 bits per heavy atom. The third kappa shape index (κ3) is 4.86. The summed E-state index contributed by atoms with van der Waals surface area (Å²) in [5.41, 5.74) is 8.46. The molecule has 0 amide bonds. The van der Waals surface area contributed by atoms with Gasteiger partial charge >= 0.3 is 0 Å². The van der Waals surface area contributed by atoms with Crippen molar-refractivity contribution in [2.75, 3.05) is 0 Å². The summed E-state index contributed by atoms with van der Waals surface area (Å²) in [7, 11) is 0. The van der Waals surface area contributed by atoms with Gasteiger partial charge in [0.1, 0.15) is 17.0 Å². The predicted molar refractivity (Wildman–Crippen MR) is 207 cm³/mol. The molecule has 4 nitrogen and oxygen atoms in total. The summed E-state index contributed by atoms with van der Waals surface area (Å²) in [4.78, 5) is 15.5.